The monoisotopic (exact) mass is 395 g/mol. The van der Waals surface area contributed by atoms with E-state index in [1.807, 2.05) is 42.5 Å². The maximum atomic E-state index is 12.6. The normalized spacial score (nSPS) is 10.9. The highest BCUT2D eigenvalue weighted by atomic mass is 32.1. The first-order chi connectivity index (χ1) is 13.6. The fourth-order valence-corrected chi connectivity index (χ4v) is 3.96. The molecule has 28 heavy (non-hydrogen) atoms. The van der Waals surface area contributed by atoms with Crippen LogP contribution in [0.2, 0.25) is 0 Å². The van der Waals surface area contributed by atoms with E-state index in [9.17, 15) is 9.59 Å². The van der Waals surface area contributed by atoms with E-state index in [0.717, 1.165) is 26.9 Å². The van der Waals surface area contributed by atoms with Crippen LogP contribution in [0.4, 0.5) is 5.13 Å². The second-order valence-corrected chi connectivity index (χ2v) is 7.11. The van der Waals surface area contributed by atoms with Crippen LogP contribution in [0.1, 0.15) is 10.4 Å². The Hall–Kier alpha value is -3.39. The number of para-hydroxylation sites is 1. The van der Waals surface area contributed by atoms with Crippen LogP contribution < -0.4 is 10.1 Å². The van der Waals surface area contributed by atoms with E-state index < -0.39 is 5.97 Å². The second-order valence-electron chi connectivity index (χ2n) is 6.08. The molecule has 0 unspecified atom stereocenters. The number of rotatable bonds is 5. The average molecular weight is 395 g/mol. The summed E-state index contributed by atoms with van der Waals surface area (Å²) < 4.78 is 12.7. The number of nitrogens with zero attached hydrogens (tertiary/aromatic N) is 2. The Balaban J connectivity index is 1.58. The molecular weight excluding hydrogens is 378 g/mol. The highest BCUT2D eigenvalue weighted by molar-refractivity contribution is 7.22. The van der Waals surface area contributed by atoms with Crippen molar-refractivity contribution in [3.05, 3.63) is 54.2 Å². The molecule has 2 heterocycles. The first kappa shape index (κ1) is 18.0. The minimum atomic E-state index is -0.435. The van der Waals surface area contributed by atoms with Gasteiger partial charge in [-0.25, -0.2) is 9.78 Å². The summed E-state index contributed by atoms with van der Waals surface area (Å²) in [6.07, 6.45) is 1.64. The summed E-state index contributed by atoms with van der Waals surface area (Å²) in [6, 6.07) is 12.9. The number of benzene rings is 2. The Bertz CT molecular complexity index is 1190. The van der Waals surface area contributed by atoms with Gasteiger partial charge in [0.05, 0.1) is 30.0 Å². The number of hydrogen-bond acceptors (Lipinski definition) is 6. The van der Waals surface area contributed by atoms with Gasteiger partial charge in [0, 0.05) is 17.1 Å². The van der Waals surface area contributed by atoms with E-state index in [1.165, 1.54) is 18.4 Å². The van der Waals surface area contributed by atoms with Crippen LogP contribution in [-0.4, -0.2) is 35.6 Å². The van der Waals surface area contributed by atoms with Gasteiger partial charge in [0.1, 0.15) is 12.3 Å². The smallest absolute Gasteiger partial charge is 0.340 e. The van der Waals surface area contributed by atoms with Crippen molar-refractivity contribution in [2.45, 2.75) is 6.54 Å². The molecule has 0 radical (unpaired) electrons. The molecule has 1 amide bonds. The number of ether oxygens (including phenoxy) is 2. The summed E-state index contributed by atoms with van der Waals surface area (Å²) in [4.78, 5) is 29.0. The Kier molecular flexibility index (Phi) is 4.70. The molecule has 0 spiro atoms. The van der Waals surface area contributed by atoms with Crippen molar-refractivity contribution < 1.29 is 19.1 Å². The van der Waals surface area contributed by atoms with Crippen LogP contribution in [0, 0.1) is 0 Å². The standard InChI is InChI=1S/C20H17N3O4S/c1-26-12-7-8-15-17(9-12)28-20(21-15)22-18(24)11-23-10-14(19(25)27-2)13-5-3-4-6-16(13)23/h3-10H,11H2,1-2H3,(H,21,22,24). The lowest BCUT2D eigenvalue weighted by atomic mass is 10.2. The number of anilines is 1. The van der Waals surface area contributed by atoms with Gasteiger partial charge in [-0.2, -0.15) is 0 Å². The fourth-order valence-electron chi connectivity index (χ4n) is 3.05. The number of nitrogens with one attached hydrogen (secondary N) is 1. The molecule has 0 aliphatic heterocycles. The molecule has 0 saturated carbocycles. The van der Waals surface area contributed by atoms with Crippen molar-refractivity contribution in [2.24, 2.45) is 0 Å². The summed E-state index contributed by atoms with van der Waals surface area (Å²) in [5.41, 5.74) is 2.01. The zero-order chi connectivity index (χ0) is 19.7. The van der Waals surface area contributed by atoms with E-state index in [4.69, 9.17) is 9.47 Å². The van der Waals surface area contributed by atoms with Crippen molar-refractivity contribution in [2.75, 3.05) is 19.5 Å². The van der Waals surface area contributed by atoms with Gasteiger partial charge in [-0.1, -0.05) is 29.5 Å². The van der Waals surface area contributed by atoms with Gasteiger partial charge in [-0.15, -0.1) is 0 Å². The van der Waals surface area contributed by atoms with Crippen molar-refractivity contribution in [3.8, 4) is 5.75 Å². The number of amides is 1. The average Bonchev–Trinajstić information content (AvgIpc) is 3.27. The van der Waals surface area contributed by atoms with E-state index in [2.05, 4.69) is 10.3 Å². The van der Waals surface area contributed by atoms with Gasteiger partial charge < -0.3 is 19.4 Å². The molecule has 0 saturated heterocycles. The zero-order valence-electron chi connectivity index (χ0n) is 15.3. The third-order valence-electron chi connectivity index (χ3n) is 4.35. The Morgan fingerprint density at radius 1 is 1.18 bits per heavy atom. The first-order valence-electron chi connectivity index (χ1n) is 8.49. The Morgan fingerprint density at radius 3 is 2.79 bits per heavy atom. The molecule has 0 aliphatic rings. The second kappa shape index (κ2) is 7.32. The lowest BCUT2D eigenvalue weighted by Crippen LogP contribution is -2.18. The number of carbonyl (C=O) groups is 2. The van der Waals surface area contributed by atoms with Crippen LogP contribution in [0.5, 0.6) is 5.75 Å². The molecule has 4 aromatic rings. The highest BCUT2D eigenvalue weighted by Gasteiger charge is 2.17. The summed E-state index contributed by atoms with van der Waals surface area (Å²) in [7, 11) is 2.94. The molecule has 8 heteroatoms. The van der Waals surface area contributed by atoms with E-state index >= 15 is 0 Å². The summed E-state index contributed by atoms with van der Waals surface area (Å²) in [5.74, 6) is 0.0712. The predicted octanol–water partition coefficient (Wildman–Crippen LogP) is 3.68. The molecule has 4 rings (SSSR count). The number of esters is 1. The number of methoxy groups -OCH3 is 2. The number of fused-ring (bicyclic) bond motifs is 2. The number of thiazole rings is 1. The number of aromatic nitrogens is 2. The van der Waals surface area contributed by atoms with E-state index in [0.29, 0.717) is 10.7 Å². The molecule has 0 aliphatic carbocycles. The van der Waals surface area contributed by atoms with E-state index in [1.54, 1.807) is 17.9 Å². The minimum absolute atomic E-state index is 0.0523. The molecule has 0 atom stereocenters. The molecule has 2 aromatic carbocycles. The van der Waals surface area contributed by atoms with Gasteiger partial charge in [0.15, 0.2) is 5.13 Å². The SMILES string of the molecule is COC(=O)c1cn(CC(=O)Nc2nc3ccc(OC)cc3s2)c2ccccc12. The van der Waals surface area contributed by atoms with Gasteiger partial charge >= 0.3 is 5.97 Å². The summed E-state index contributed by atoms with van der Waals surface area (Å²) in [5, 5.41) is 4.08. The van der Waals surface area contributed by atoms with Gasteiger partial charge in [-0.05, 0) is 24.3 Å². The molecule has 1 N–H and O–H groups in total. The van der Waals surface area contributed by atoms with Crippen LogP contribution >= 0.6 is 11.3 Å². The highest BCUT2D eigenvalue weighted by Crippen LogP contribution is 2.29. The lowest BCUT2D eigenvalue weighted by Gasteiger charge is -2.04. The zero-order valence-corrected chi connectivity index (χ0v) is 16.1. The van der Waals surface area contributed by atoms with Gasteiger partial charge in [0.25, 0.3) is 0 Å². The van der Waals surface area contributed by atoms with Crippen molar-refractivity contribution in [1.29, 1.82) is 0 Å². The van der Waals surface area contributed by atoms with E-state index in [-0.39, 0.29) is 12.5 Å². The number of hydrogen-bond donors (Lipinski definition) is 1. The van der Waals surface area contributed by atoms with Crippen LogP contribution in [0.15, 0.2) is 48.7 Å². The topological polar surface area (TPSA) is 82.5 Å². The van der Waals surface area contributed by atoms with Crippen molar-refractivity contribution >= 4 is 49.5 Å². The lowest BCUT2D eigenvalue weighted by molar-refractivity contribution is -0.116. The van der Waals surface area contributed by atoms with Crippen LogP contribution in [-0.2, 0) is 16.1 Å². The molecule has 0 fully saturated rings. The van der Waals surface area contributed by atoms with Crippen molar-refractivity contribution in [3.63, 3.8) is 0 Å². The minimum Gasteiger partial charge on any atom is -0.497 e. The predicted molar refractivity (Wildman–Crippen MR) is 108 cm³/mol. The van der Waals surface area contributed by atoms with Crippen LogP contribution in [0.25, 0.3) is 21.1 Å². The van der Waals surface area contributed by atoms with Gasteiger partial charge in [-0.3, -0.25) is 4.79 Å². The third-order valence-corrected chi connectivity index (χ3v) is 5.28. The maximum absolute atomic E-state index is 12.6. The largest absolute Gasteiger partial charge is 0.497 e. The molecule has 2 aromatic heterocycles. The van der Waals surface area contributed by atoms with Crippen LogP contribution in [0.3, 0.4) is 0 Å². The fraction of sp³-hybridized carbons (Fsp3) is 0.150. The molecule has 7 nitrogen and oxygen atoms in total. The first-order valence-corrected chi connectivity index (χ1v) is 9.31. The maximum Gasteiger partial charge on any atom is 0.340 e. The Morgan fingerprint density at radius 2 is 2.00 bits per heavy atom. The molecule has 142 valence electrons. The third kappa shape index (κ3) is 3.29. The summed E-state index contributed by atoms with van der Waals surface area (Å²) in [6.45, 7) is 0.0523. The Labute approximate surface area is 164 Å². The molecular formula is C20H17N3O4S. The quantitative estimate of drug-likeness (QED) is 0.521. The summed E-state index contributed by atoms with van der Waals surface area (Å²) >= 11 is 1.38. The van der Waals surface area contributed by atoms with Gasteiger partial charge in [0.2, 0.25) is 5.91 Å². The molecule has 0 bridgehead atoms. The number of carbonyl (C=O) groups excluding carboxylic acids is 2. The van der Waals surface area contributed by atoms with Crippen molar-refractivity contribution in [1.82, 2.24) is 9.55 Å².